The Kier molecular flexibility index (Phi) is 8.58. The van der Waals surface area contributed by atoms with Gasteiger partial charge in [-0.15, -0.1) is 0 Å². The molecule has 3 aromatic rings. The summed E-state index contributed by atoms with van der Waals surface area (Å²) in [6.07, 6.45) is 1.09. The van der Waals surface area contributed by atoms with Gasteiger partial charge in [0.25, 0.3) is 0 Å². The van der Waals surface area contributed by atoms with Gasteiger partial charge in [-0.3, -0.25) is 4.79 Å². The van der Waals surface area contributed by atoms with Gasteiger partial charge in [-0.05, 0) is 76.1 Å². The summed E-state index contributed by atoms with van der Waals surface area (Å²) < 4.78 is 17.6. The van der Waals surface area contributed by atoms with E-state index in [0.29, 0.717) is 43.5 Å². The number of aryl methyl sites for hydroxylation is 2. The van der Waals surface area contributed by atoms with Crippen LogP contribution >= 0.6 is 0 Å². The highest BCUT2D eigenvalue weighted by Crippen LogP contribution is 2.23. The Morgan fingerprint density at radius 1 is 1.11 bits per heavy atom. The predicted octanol–water partition coefficient (Wildman–Crippen LogP) is 5.66. The van der Waals surface area contributed by atoms with E-state index in [1.807, 2.05) is 76.2 Å². The maximum absolute atomic E-state index is 11.1. The van der Waals surface area contributed by atoms with Crippen LogP contribution < -0.4 is 10.1 Å². The van der Waals surface area contributed by atoms with Gasteiger partial charge in [-0.1, -0.05) is 24.3 Å². The summed E-state index contributed by atoms with van der Waals surface area (Å²) in [6, 6.07) is 15.5. The first-order valence-corrected chi connectivity index (χ1v) is 11.7. The molecule has 2 aromatic carbocycles. The van der Waals surface area contributed by atoms with Crippen molar-refractivity contribution in [3.63, 3.8) is 0 Å². The van der Waals surface area contributed by atoms with Crippen LogP contribution in [0.2, 0.25) is 0 Å². The number of carboxylic acids is 1. The molecule has 1 heterocycles. The molecule has 0 radical (unpaired) electrons. The maximum atomic E-state index is 11.1. The molecule has 2 N–H and O–H groups in total. The van der Waals surface area contributed by atoms with E-state index in [0.717, 1.165) is 28.1 Å². The molecular formula is C28H34N2O5. The Labute approximate surface area is 206 Å². The summed E-state index contributed by atoms with van der Waals surface area (Å²) in [5, 5.41) is 12.3. The fourth-order valence-electron chi connectivity index (χ4n) is 3.57. The van der Waals surface area contributed by atoms with E-state index in [1.165, 1.54) is 0 Å². The molecule has 0 atom stereocenters. The molecule has 0 spiro atoms. The van der Waals surface area contributed by atoms with E-state index in [-0.39, 0.29) is 12.0 Å². The van der Waals surface area contributed by atoms with Crippen molar-refractivity contribution in [2.75, 3.05) is 6.61 Å². The molecule has 0 aliphatic heterocycles. The van der Waals surface area contributed by atoms with Crippen LogP contribution in [0, 0.1) is 6.92 Å². The van der Waals surface area contributed by atoms with Crippen molar-refractivity contribution in [1.82, 2.24) is 10.3 Å². The molecule has 1 aromatic heterocycles. The van der Waals surface area contributed by atoms with Crippen molar-refractivity contribution < 1.29 is 23.8 Å². The normalized spacial score (nSPS) is 11.2. The fraction of sp³-hybridized carbons (Fsp3) is 0.357. The zero-order chi connectivity index (χ0) is 25.4. The van der Waals surface area contributed by atoms with E-state index in [2.05, 4.69) is 16.9 Å². The van der Waals surface area contributed by atoms with Gasteiger partial charge in [0, 0.05) is 24.9 Å². The summed E-state index contributed by atoms with van der Waals surface area (Å²) in [7, 11) is 0. The van der Waals surface area contributed by atoms with Crippen molar-refractivity contribution in [1.29, 1.82) is 0 Å². The first kappa shape index (κ1) is 25.9. The fourth-order valence-corrected chi connectivity index (χ4v) is 3.57. The monoisotopic (exact) mass is 478 g/mol. The van der Waals surface area contributed by atoms with Gasteiger partial charge in [0.1, 0.15) is 17.1 Å². The molecule has 0 saturated carbocycles. The number of nitrogens with one attached hydrogen (secondary N) is 1. The zero-order valence-corrected chi connectivity index (χ0v) is 20.9. The van der Waals surface area contributed by atoms with Gasteiger partial charge in [-0.2, -0.15) is 0 Å². The molecule has 0 unspecified atom stereocenters. The summed E-state index contributed by atoms with van der Waals surface area (Å²) in [4.78, 5) is 15.7. The minimum atomic E-state index is -0.831. The van der Waals surface area contributed by atoms with Crippen LogP contribution in [-0.4, -0.2) is 28.3 Å². The van der Waals surface area contributed by atoms with Crippen LogP contribution in [0.3, 0.4) is 0 Å². The average Bonchev–Trinajstić information content (AvgIpc) is 3.17. The summed E-state index contributed by atoms with van der Waals surface area (Å²) in [5.74, 6) is 1.71. The Bertz CT molecular complexity index is 1150. The number of oxazole rings is 1. The molecule has 0 amide bonds. The van der Waals surface area contributed by atoms with Gasteiger partial charge >= 0.3 is 5.97 Å². The standard InChI is InChI=1S/C28H34N2O5/c1-19-25(30-27(34-19)22-9-7-6-8-10-22)15-16-33-24-13-11-21(12-14-26(31)32)23(17-24)18-29-20(2)35-28(3,4)5/h6-11,13,17,29H,2,12,14-16,18H2,1,3-5H3,(H,31,32). The first-order chi connectivity index (χ1) is 16.6. The predicted molar refractivity (Wildman–Crippen MR) is 135 cm³/mol. The van der Waals surface area contributed by atoms with Crippen molar-refractivity contribution >= 4 is 5.97 Å². The van der Waals surface area contributed by atoms with Gasteiger partial charge in [-0.25, -0.2) is 4.98 Å². The van der Waals surface area contributed by atoms with Crippen LogP contribution in [-0.2, 0) is 28.9 Å². The van der Waals surface area contributed by atoms with Gasteiger partial charge in [0.05, 0.1) is 12.3 Å². The second kappa shape index (κ2) is 11.6. The highest BCUT2D eigenvalue weighted by molar-refractivity contribution is 5.67. The number of hydrogen-bond acceptors (Lipinski definition) is 6. The van der Waals surface area contributed by atoms with Crippen LogP contribution in [0.1, 0.15) is 49.8 Å². The van der Waals surface area contributed by atoms with E-state index in [1.54, 1.807) is 0 Å². The summed E-state index contributed by atoms with van der Waals surface area (Å²) in [6.45, 7) is 12.6. The molecule has 0 aliphatic carbocycles. The number of nitrogens with zero attached hydrogens (tertiary/aromatic N) is 1. The Morgan fingerprint density at radius 3 is 2.54 bits per heavy atom. The molecule has 7 heteroatoms. The molecule has 0 saturated heterocycles. The SMILES string of the molecule is C=C(NCc1cc(OCCc2nc(-c3ccccc3)oc2C)ccc1CCC(=O)O)OC(C)(C)C. The molecule has 3 rings (SSSR count). The lowest BCUT2D eigenvalue weighted by molar-refractivity contribution is -0.136. The third kappa shape index (κ3) is 8.21. The smallest absolute Gasteiger partial charge is 0.303 e. The third-order valence-corrected chi connectivity index (χ3v) is 5.21. The lowest BCUT2D eigenvalue weighted by atomic mass is 10.0. The van der Waals surface area contributed by atoms with E-state index in [4.69, 9.17) is 19.0 Å². The highest BCUT2D eigenvalue weighted by Gasteiger charge is 2.14. The van der Waals surface area contributed by atoms with Gasteiger partial charge in [0.2, 0.25) is 5.89 Å². The van der Waals surface area contributed by atoms with Crippen molar-refractivity contribution in [2.45, 2.75) is 59.1 Å². The van der Waals surface area contributed by atoms with Crippen LogP contribution in [0.15, 0.2) is 65.4 Å². The average molecular weight is 479 g/mol. The lowest BCUT2D eigenvalue weighted by Crippen LogP contribution is -2.25. The number of carbonyl (C=O) groups is 1. The number of aromatic nitrogens is 1. The van der Waals surface area contributed by atoms with E-state index >= 15 is 0 Å². The van der Waals surface area contributed by atoms with Crippen LogP contribution in [0.25, 0.3) is 11.5 Å². The quantitative estimate of drug-likeness (QED) is 0.324. The molecule has 0 aliphatic rings. The molecule has 7 nitrogen and oxygen atoms in total. The van der Waals surface area contributed by atoms with E-state index < -0.39 is 5.97 Å². The molecule has 186 valence electrons. The number of rotatable bonds is 12. The number of ether oxygens (including phenoxy) is 2. The third-order valence-electron chi connectivity index (χ3n) is 5.21. The Hall–Kier alpha value is -3.74. The largest absolute Gasteiger partial charge is 0.493 e. The number of benzene rings is 2. The Morgan fingerprint density at radius 2 is 1.86 bits per heavy atom. The van der Waals surface area contributed by atoms with Gasteiger partial charge in [0.15, 0.2) is 5.88 Å². The van der Waals surface area contributed by atoms with Gasteiger partial charge < -0.3 is 24.3 Å². The second-order valence-electron chi connectivity index (χ2n) is 9.30. The molecule has 0 fully saturated rings. The van der Waals surface area contributed by atoms with Crippen LogP contribution in [0.4, 0.5) is 0 Å². The molecule has 0 bridgehead atoms. The first-order valence-electron chi connectivity index (χ1n) is 11.7. The second-order valence-corrected chi connectivity index (χ2v) is 9.30. The molecule has 35 heavy (non-hydrogen) atoms. The number of carboxylic acid groups (broad SMARTS) is 1. The molecular weight excluding hydrogens is 444 g/mol. The highest BCUT2D eigenvalue weighted by atomic mass is 16.5. The maximum Gasteiger partial charge on any atom is 0.303 e. The van der Waals surface area contributed by atoms with Crippen molar-refractivity contribution in [3.8, 4) is 17.2 Å². The van der Waals surface area contributed by atoms with Crippen molar-refractivity contribution in [3.05, 3.63) is 83.6 Å². The lowest BCUT2D eigenvalue weighted by Gasteiger charge is -2.23. The number of hydrogen-bond donors (Lipinski definition) is 2. The van der Waals surface area contributed by atoms with E-state index in [9.17, 15) is 4.79 Å². The van der Waals surface area contributed by atoms with Crippen LogP contribution in [0.5, 0.6) is 5.75 Å². The van der Waals surface area contributed by atoms with Crippen molar-refractivity contribution in [2.24, 2.45) is 0 Å². The summed E-state index contributed by atoms with van der Waals surface area (Å²) >= 11 is 0. The minimum Gasteiger partial charge on any atom is -0.493 e. The summed E-state index contributed by atoms with van der Waals surface area (Å²) in [5.41, 5.74) is 3.32. The zero-order valence-electron chi connectivity index (χ0n) is 20.9. The topological polar surface area (TPSA) is 93.8 Å². The number of aliphatic carboxylic acids is 1. The minimum absolute atomic E-state index is 0.0574. The Balaban J connectivity index is 1.64.